The zero-order valence-corrected chi connectivity index (χ0v) is 16.0. The van der Waals surface area contributed by atoms with Crippen LogP contribution in [-0.2, 0) is 14.8 Å². The topological polar surface area (TPSA) is 78.8 Å². The minimum absolute atomic E-state index is 0.0531. The number of aliphatic imine (C=N–C) groups is 1. The van der Waals surface area contributed by atoms with Gasteiger partial charge in [-0.05, 0) is 37.1 Å². The lowest BCUT2D eigenvalue weighted by Gasteiger charge is -2.22. The number of carbonyl (C=O) groups excluding carboxylic acids is 1. The monoisotopic (exact) mass is 391 g/mol. The molecule has 0 saturated carbocycles. The van der Waals surface area contributed by atoms with Crippen molar-refractivity contribution in [1.29, 1.82) is 0 Å². The van der Waals surface area contributed by atoms with Crippen LogP contribution in [0.15, 0.2) is 53.6 Å². The summed E-state index contributed by atoms with van der Waals surface area (Å²) in [5, 5.41) is 0.166. The zero-order chi connectivity index (χ0) is 18.6. The van der Waals surface area contributed by atoms with Crippen LogP contribution in [0.4, 0.5) is 5.69 Å². The number of nitrogens with one attached hydrogen (secondary N) is 1. The molecule has 0 aromatic heterocycles. The highest BCUT2D eigenvalue weighted by Crippen LogP contribution is 2.32. The normalized spacial score (nSPS) is 21.2. The molecule has 1 aliphatic carbocycles. The molecule has 0 saturated heterocycles. The van der Waals surface area contributed by atoms with Gasteiger partial charge >= 0.3 is 0 Å². The third kappa shape index (κ3) is 4.76. The predicted molar refractivity (Wildman–Crippen MR) is 107 cm³/mol. The zero-order valence-electron chi connectivity index (χ0n) is 14.4. The summed E-state index contributed by atoms with van der Waals surface area (Å²) in [6, 6.07) is 7.21. The van der Waals surface area contributed by atoms with Gasteiger partial charge in [-0.1, -0.05) is 42.1 Å². The van der Waals surface area contributed by atoms with Crippen molar-refractivity contribution in [3.8, 4) is 0 Å². The standard InChI is InChI=1S/C18H21N3O3S2/c1-14-6-4-7-15(12-14)20-26(23,24)11-5-10-21(13-22)18-19-16-8-2-3-9-17(16)25-18/h2-4,6-9,12-13,17-18,20H,5,10-11H2,1H3. The number of fused-ring (bicyclic) bond motifs is 1. The van der Waals surface area contributed by atoms with E-state index in [4.69, 9.17) is 0 Å². The SMILES string of the molecule is Cc1cccc(NS(=O)(=O)CCCN(C=O)C2N=C3C=CC=CC3S2)c1. The molecular weight excluding hydrogens is 370 g/mol. The number of allylic oxidation sites excluding steroid dienone is 3. The van der Waals surface area contributed by atoms with Gasteiger partial charge in [-0.25, -0.2) is 8.42 Å². The van der Waals surface area contributed by atoms with E-state index in [0.717, 1.165) is 17.7 Å². The quantitative estimate of drug-likeness (QED) is 0.691. The number of nitrogens with zero attached hydrogens (tertiary/aromatic N) is 2. The third-order valence-electron chi connectivity index (χ3n) is 4.02. The van der Waals surface area contributed by atoms with Crippen molar-refractivity contribution < 1.29 is 13.2 Å². The van der Waals surface area contributed by atoms with Crippen molar-refractivity contribution in [2.45, 2.75) is 24.1 Å². The summed E-state index contributed by atoms with van der Waals surface area (Å²) in [6.45, 7) is 2.25. The molecule has 0 spiro atoms. The van der Waals surface area contributed by atoms with Crippen molar-refractivity contribution in [3.05, 3.63) is 54.1 Å². The fraction of sp³-hybridized carbons (Fsp3) is 0.333. The first kappa shape index (κ1) is 18.7. The lowest BCUT2D eigenvalue weighted by molar-refractivity contribution is -0.118. The van der Waals surface area contributed by atoms with Gasteiger partial charge in [-0.2, -0.15) is 0 Å². The van der Waals surface area contributed by atoms with E-state index in [9.17, 15) is 13.2 Å². The first-order valence-corrected chi connectivity index (χ1v) is 10.9. The molecule has 1 heterocycles. The highest BCUT2D eigenvalue weighted by atomic mass is 32.2. The Balaban J connectivity index is 1.53. The number of rotatable bonds is 8. The van der Waals surface area contributed by atoms with E-state index in [2.05, 4.69) is 9.71 Å². The molecule has 0 fully saturated rings. The van der Waals surface area contributed by atoms with Crippen LogP contribution in [0.5, 0.6) is 0 Å². The predicted octanol–water partition coefficient (Wildman–Crippen LogP) is 2.55. The molecule has 2 atom stereocenters. The van der Waals surface area contributed by atoms with Gasteiger partial charge in [-0.15, -0.1) is 0 Å². The largest absolute Gasteiger partial charge is 0.314 e. The first-order chi connectivity index (χ1) is 12.5. The smallest absolute Gasteiger partial charge is 0.232 e. The maximum Gasteiger partial charge on any atom is 0.232 e. The van der Waals surface area contributed by atoms with E-state index in [1.54, 1.807) is 34.9 Å². The molecule has 3 rings (SSSR count). The average molecular weight is 392 g/mol. The minimum atomic E-state index is -3.46. The fourth-order valence-electron chi connectivity index (χ4n) is 2.78. The Morgan fingerprint density at radius 2 is 2.19 bits per heavy atom. The molecule has 2 aliphatic rings. The van der Waals surface area contributed by atoms with Crippen LogP contribution >= 0.6 is 11.8 Å². The molecule has 0 bridgehead atoms. The van der Waals surface area contributed by atoms with Gasteiger partial charge in [0, 0.05) is 12.2 Å². The van der Waals surface area contributed by atoms with E-state index in [-0.39, 0.29) is 16.5 Å². The third-order valence-corrected chi connectivity index (χ3v) is 6.71. The summed E-state index contributed by atoms with van der Waals surface area (Å²) < 4.78 is 27.1. The summed E-state index contributed by atoms with van der Waals surface area (Å²) >= 11 is 1.58. The van der Waals surface area contributed by atoms with Crippen LogP contribution in [0.3, 0.4) is 0 Å². The van der Waals surface area contributed by atoms with E-state index in [1.165, 1.54) is 0 Å². The number of hydrogen-bond acceptors (Lipinski definition) is 5. The van der Waals surface area contributed by atoms with Crippen molar-refractivity contribution in [2.75, 3.05) is 17.0 Å². The number of carbonyl (C=O) groups is 1. The van der Waals surface area contributed by atoms with Crippen LogP contribution in [0.1, 0.15) is 12.0 Å². The summed E-state index contributed by atoms with van der Waals surface area (Å²) in [5.74, 6) is -0.0531. The Hall–Kier alpha value is -2.06. The molecule has 26 heavy (non-hydrogen) atoms. The number of thioether (sulfide) groups is 1. The van der Waals surface area contributed by atoms with E-state index < -0.39 is 10.0 Å². The lowest BCUT2D eigenvalue weighted by atomic mass is 10.1. The second-order valence-electron chi connectivity index (χ2n) is 6.17. The Labute approximate surface area is 158 Å². The number of aryl methyl sites for hydroxylation is 1. The van der Waals surface area contributed by atoms with E-state index in [1.807, 2.05) is 37.3 Å². The van der Waals surface area contributed by atoms with Gasteiger partial charge in [0.05, 0.1) is 16.7 Å². The van der Waals surface area contributed by atoms with Crippen LogP contribution in [-0.4, -0.2) is 48.5 Å². The van der Waals surface area contributed by atoms with Crippen molar-refractivity contribution >= 4 is 39.6 Å². The molecule has 1 aromatic carbocycles. The van der Waals surface area contributed by atoms with Crippen LogP contribution in [0.2, 0.25) is 0 Å². The Morgan fingerprint density at radius 1 is 1.35 bits per heavy atom. The van der Waals surface area contributed by atoms with Gasteiger partial charge in [0.25, 0.3) is 0 Å². The second-order valence-corrected chi connectivity index (χ2v) is 9.21. The molecule has 6 nitrogen and oxygen atoms in total. The molecular formula is C18H21N3O3S2. The van der Waals surface area contributed by atoms with Crippen LogP contribution in [0, 0.1) is 6.92 Å². The Kier molecular flexibility index (Phi) is 5.83. The molecule has 1 amide bonds. The average Bonchev–Trinajstić information content (AvgIpc) is 3.02. The van der Waals surface area contributed by atoms with Crippen molar-refractivity contribution in [1.82, 2.24) is 4.90 Å². The van der Waals surface area contributed by atoms with E-state index in [0.29, 0.717) is 18.7 Å². The van der Waals surface area contributed by atoms with Gasteiger partial charge in [-0.3, -0.25) is 14.5 Å². The Bertz CT molecular complexity index is 862. The van der Waals surface area contributed by atoms with Gasteiger partial charge in [0.1, 0.15) is 0 Å². The molecule has 1 aliphatic heterocycles. The molecule has 0 radical (unpaired) electrons. The molecule has 1 aromatic rings. The number of sulfonamides is 1. The van der Waals surface area contributed by atoms with Gasteiger partial charge < -0.3 is 4.90 Å². The Morgan fingerprint density at radius 3 is 2.92 bits per heavy atom. The fourth-order valence-corrected chi connectivity index (χ4v) is 5.09. The highest BCUT2D eigenvalue weighted by Gasteiger charge is 2.30. The molecule has 8 heteroatoms. The number of hydrogen-bond donors (Lipinski definition) is 1. The van der Waals surface area contributed by atoms with Crippen molar-refractivity contribution in [3.63, 3.8) is 0 Å². The molecule has 1 N–H and O–H groups in total. The summed E-state index contributed by atoms with van der Waals surface area (Å²) in [4.78, 5) is 17.5. The van der Waals surface area contributed by atoms with Crippen LogP contribution in [0.25, 0.3) is 0 Å². The van der Waals surface area contributed by atoms with E-state index >= 15 is 0 Å². The summed E-state index contributed by atoms with van der Waals surface area (Å²) in [6.07, 6.45) is 8.96. The summed E-state index contributed by atoms with van der Waals surface area (Å²) in [7, 11) is -3.46. The second kappa shape index (κ2) is 8.09. The number of amides is 1. The minimum Gasteiger partial charge on any atom is -0.314 e. The maximum absolute atomic E-state index is 12.2. The summed E-state index contributed by atoms with van der Waals surface area (Å²) in [5.41, 5.74) is 2.19. The first-order valence-electron chi connectivity index (χ1n) is 8.33. The number of benzene rings is 1. The number of anilines is 1. The molecule has 138 valence electrons. The van der Waals surface area contributed by atoms with Crippen molar-refractivity contribution in [2.24, 2.45) is 4.99 Å². The maximum atomic E-state index is 12.2. The molecule has 2 unspecified atom stereocenters. The van der Waals surface area contributed by atoms with Gasteiger partial charge in [0.15, 0.2) is 5.50 Å². The highest BCUT2D eigenvalue weighted by molar-refractivity contribution is 8.01. The van der Waals surface area contributed by atoms with Gasteiger partial charge in [0.2, 0.25) is 16.4 Å². The van der Waals surface area contributed by atoms with Crippen LogP contribution < -0.4 is 4.72 Å². The lowest BCUT2D eigenvalue weighted by Crippen LogP contribution is -2.32.